The van der Waals surface area contributed by atoms with E-state index in [9.17, 15) is 4.39 Å². The minimum Gasteiger partial charge on any atom is -0.353 e. The van der Waals surface area contributed by atoms with Crippen LogP contribution in [0.1, 0.15) is 0 Å². The van der Waals surface area contributed by atoms with Gasteiger partial charge in [0.05, 0.1) is 0 Å². The Morgan fingerprint density at radius 1 is 0.769 bits per heavy atom. The molecule has 2 aromatic heterocycles. The Balaban J connectivity index is 1.42. The summed E-state index contributed by atoms with van der Waals surface area (Å²) in [7, 11) is 0. The number of benzene rings is 1. The molecular formula is C19H19FN6. The largest absolute Gasteiger partial charge is 0.353 e. The maximum absolute atomic E-state index is 13.0. The maximum Gasteiger partial charge on any atom is 0.229 e. The van der Waals surface area contributed by atoms with E-state index in [1.807, 2.05) is 30.5 Å². The first-order valence-corrected chi connectivity index (χ1v) is 8.54. The van der Waals surface area contributed by atoms with Crippen molar-refractivity contribution in [2.24, 2.45) is 0 Å². The van der Waals surface area contributed by atoms with Gasteiger partial charge in [-0.25, -0.2) is 14.4 Å². The summed E-state index contributed by atoms with van der Waals surface area (Å²) in [5, 5.41) is 3.11. The fourth-order valence-corrected chi connectivity index (χ4v) is 2.95. The molecule has 26 heavy (non-hydrogen) atoms. The van der Waals surface area contributed by atoms with Crippen molar-refractivity contribution in [3.63, 3.8) is 0 Å². The Morgan fingerprint density at radius 2 is 1.50 bits per heavy atom. The highest BCUT2D eigenvalue weighted by Crippen LogP contribution is 2.19. The molecule has 0 atom stereocenters. The molecule has 0 amide bonds. The van der Waals surface area contributed by atoms with Crippen LogP contribution in [0.3, 0.4) is 0 Å². The van der Waals surface area contributed by atoms with Gasteiger partial charge in [0.2, 0.25) is 5.95 Å². The molecule has 0 unspecified atom stereocenters. The van der Waals surface area contributed by atoms with Crippen molar-refractivity contribution >= 4 is 23.3 Å². The lowest BCUT2D eigenvalue weighted by Gasteiger charge is -2.36. The van der Waals surface area contributed by atoms with Gasteiger partial charge in [-0.3, -0.25) is 0 Å². The van der Waals surface area contributed by atoms with Gasteiger partial charge in [0.15, 0.2) is 0 Å². The van der Waals surface area contributed by atoms with E-state index < -0.39 is 0 Å². The van der Waals surface area contributed by atoms with E-state index in [2.05, 4.69) is 30.1 Å². The Kier molecular flexibility index (Phi) is 4.59. The second-order valence-electron chi connectivity index (χ2n) is 6.03. The molecule has 0 spiro atoms. The van der Waals surface area contributed by atoms with Gasteiger partial charge in [0.1, 0.15) is 17.5 Å². The molecule has 1 saturated heterocycles. The highest BCUT2D eigenvalue weighted by molar-refractivity contribution is 5.55. The standard InChI is InChI=1S/C19H19FN6/c20-15-4-6-16(7-5-15)23-19-22-10-8-18(24-19)26-13-11-25(12-14-26)17-3-1-2-9-21-17/h1-10H,11-14H2,(H,22,23,24). The van der Waals surface area contributed by atoms with Crippen molar-refractivity contribution in [2.45, 2.75) is 0 Å². The molecule has 4 rings (SSSR count). The number of rotatable bonds is 4. The summed E-state index contributed by atoms with van der Waals surface area (Å²) in [6.07, 6.45) is 3.55. The number of pyridine rings is 1. The predicted molar refractivity (Wildman–Crippen MR) is 100 cm³/mol. The summed E-state index contributed by atoms with van der Waals surface area (Å²) in [5.74, 6) is 2.12. The van der Waals surface area contributed by atoms with Crippen LogP contribution in [-0.2, 0) is 0 Å². The van der Waals surface area contributed by atoms with Crippen LogP contribution in [0.15, 0.2) is 60.9 Å². The van der Waals surface area contributed by atoms with Crippen molar-refractivity contribution in [2.75, 3.05) is 41.3 Å². The first kappa shape index (κ1) is 16.3. The third kappa shape index (κ3) is 3.72. The molecule has 0 saturated carbocycles. The molecule has 7 heteroatoms. The van der Waals surface area contributed by atoms with Crippen LogP contribution in [0.4, 0.5) is 27.7 Å². The minimum absolute atomic E-state index is 0.268. The molecule has 0 radical (unpaired) electrons. The summed E-state index contributed by atoms with van der Waals surface area (Å²) in [4.78, 5) is 17.8. The van der Waals surface area contributed by atoms with Crippen LogP contribution in [0.25, 0.3) is 0 Å². The molecule has 132 valence electrons. The topological polar surface area (TPSA) is 57.2 Å². The van der Waals surface area contributed by atoms with Crippen molar-refractivity contribution in [3.8, 4) is 0 Å². The van der Waals surface area contributed by atoms with E-state index in [0.717, 1.165) is 43.5 Å². The van der Waals surface area contributed by atoms with Gasteiger partial charge in [-0.2, -0.15) is 4.98 Å². The van der Waals surface area contributed by atoms with Gasteiger partial charge in [0, 0.05) is 44.3 Å². The van der Waals surface area contributed by atoms with Gasteiger partial charge in [-0.15, -0.1) is 0 Å². The summed E-state index contributed by atoms with van der Waals surface area (Å²) in [5.41, 5.74) is 0.753. The van der Waals surface area contributed by atoms with Gasteiger partial charge < -0.3 is 15.1 Å². The Hall–Kier alpha value is -3.22. The van der Waals surface area contributed by atoms with E-state index in [0.29, 0.717) is 5.95 Å². The van der Waals surface area contributed by atoms with Crippen molar-refractivity contribution in [1.29, 1.82) is 0 Å². The molecule has 1 aromatic carbocycles. The highest BCUT2D eigenvalue weighted by atomic mass is 19.1. The van der Waals surface area contributed by atoms with Crippen LogP contribution >= 0.6 is 0 Å². The number of nitrogens with one attached hydrogen (secondary N) is 1. The van der Waals surface area contributed by atoms with Gasteiger partial charge in [-0.1, -0.05) is 6.07 Å². The Morgan fingerprint density at radius 3 is 2.19 bits per heavy atom. The molecule has 0 bridgehead atoms. The highest BCUT2D eigenvalue weighted by Gasteiger charge is 2.19. The van der Waals surface area contributed by atoms with E-state index in [1.54, 1.807) is 18.3 Å². The Labute approximate surface area is 151 Å². The smallest absolute Gasteiger partial charge is 0.229 e. The molecule has 0 aliphatic carbocycles. The van der Waals surface area contributed by atoms with E-state index in [1.165, 1.54) is 12.1 Å². The number of aromatic nitrogens is 3. The van der Waals surface area contributed by atoms with Crippen LogP contribution in [0.2, 0.25) is 0 Å². The third-order valence-electron chi connectivity index (χ3n) is 4.32. The second-order valence-corrected chi connectivity index (χ2v) is 6.03. The summed E-state index contributed by atoms with van der Waals surface area (Å²) < 4.78 is 13.0. The van der Waals surface area contributed by atoms with Gasteiger partial charge in [0.25, 0.3) is 0 Å². The summed E-state index contributed by atoms with van der Waals surface area (Å²) >= 11 is 0. The maximum atomic E-state index is 13.0. The summed E-state index contributed by atoms with van der Waals surface area (Å²) in [6, 6.07) is 14.0. The first-order chi connectivity index (χ1) is 12.8. The zero-order chi connectivity index (χ0) is 17.8. The van der Waals surface area contributed by atoms with Crippen molar-refractivity contribution < 1.29 is 4.39 Å². The molecule has 1 aliphatic rings. The number of nitrogens with zero attached hydrogens (tertiary/aromatic N) is 5. The molecule has 1 fully saturated rings. The lowest BCUT2D eigenvalue weighted by atomic mass is 10.3. The second kappa shape index (κ2) is 7.35. The summed E-state index contributed by atoms with van der Waals surface area (Å²) in [6.45, 7) is 3.51. The molecule has 1 aliphatic heterocycles. The zero-order valence-corrected chi connectivity index (χ0v) is 14.2. The fourth-order valence-electron chi connectivity index (χ4n) is 2.95. The van der Waals surface area contributed by atoms with Crippen molar-refractivity contribution in [1.82, 2.24) is 15.0 Å². The number of piperazine rings is 1. The number of hydrogen-bond acceptors (Lipinski definition) is 6. The van der Waals surface area contributed by atoms with Crippen molar-refractivity contribution in [3.05, 3.63) is 66.7 Å². The zero-order valence-electron chi connectivity index (χ0n) is 14.2. The number of anilines is 4. The number of halogens is 1. The lowest BCUT2D eigenvalue weighted by Crippen LogP contribution is -2.47. The first-order valence-electron chi connectivity index (χ1n) is 8.54. The van der Waals surface area contributed by atoms with Gasteiger partial charge >= 0.3 is 0 Å². The number of hydrogen-bond donors (Lipinski definition) is 1. The third-order valence-corrected chi connectivity index (χ3v) is 4.32. The normalized spacial score (nSPS) is 14.3. The molecular weight excluding hydrogens is 331 g/mol. The SMILES string of the molecule is Fc1ccc(Nc2nccc(N3CCN(c4ccccn4)CC3)n2)cc1. The molecule has 3 heterocycles. The van der Waals surface area contributed by atoms with Crippen LogP contribution in [-0.4, -0.2) is 41.1 Å². The lowest BCUT2D eigenvalue weighted by molar-refractivity contribution is 0.628. The molecule has 3 aromatic rings. The molecule has 1 N–H and O–H groups in total. The van der Waals surface area contributed by atoms with E-state index in [-0.39, 0.29) is 5.82 Å². The van der Waals surface area contributed by atoms with E-state index in [4.69, 9.17) is 0 Å². The van der Waals surface area contributed by atoms with Crippen LogP contribution in [0, 0.1) is 5.82 Å². The predicted octanol–water partition coefficient (Wildman–Crippen LogP) is 3.08. The monoisotopic (exact) mass is 350 g/mol. The van der Waals surface area contributed by atoms with Crippen LogP contribution < -0.4 is 15.1 Å². The molecule has 6 nitrogen and oxygen atoms in total. The average Bonchev–Trinajstić information content (AvgIpc) is 2.71. The van der Waals surface area contributed by atoms with Gasteiger partial charge in [-0.05, 0) is 42.5 Å². The quantitative estimate of drug-likeness (QED) is 0.780. The van der Waals surface area contributed by atoms with E-state index >= 15 is 0 Å². The fraction of sp³-hybridized carbons (Fsp3) is 0.211. The van der Waals surface area contributed by atoms with Crippen LogP contribution in [0.5, 0.6) is 0 Å². The average molecular weight is 350 g/mol. The minimum atomic E-state index is -0.268. The Bertz CT molecular complexity index is 847.